The first kappa shape index (κ1) is 25.6. The Kier molecular flexibility index (Phi) is 8.55. The number of carbonyl (C=O) groups excluding carboxylic acids is 1. The lowest BCUT2D eigenvalue weighted by atomic mass is 10.2. The standard InChI is InChI=1S/C24H23Cl2N3O4S/c1-17(2)33-19-13-11-18(12-14-19)15-27-28-23(30)16-29(22-10-6-9-21(25)24(22)26)34(31,32)20-7-4-3-5-8-20/h3-15,17H,16H2,1-2H3,(H,28,30)/b27-15-. The van der Waals surface area contributed by atoms with Crippen LogP contribution in [-0.2, 0) is 14.8 Å². The third-order valence-electron chi connectivity index (χ3n) is 4.47. The molecular weight excluding hydrogens is 497 g/mol. The molecule has 0 aromatic heterocycles. The Labute approximate surface area is 209 Å². The number of nitrogens with zero attached hydrogens (tertiary/aromatic N) is 2. The summed E-state index contributed by atoms with van der Waals surface area (Å²) in [6.45, 7) is 3.31. The molecule has 10 heteroatoms. The zero-order valence-electron chi connectivity index (χ0n) is 18.5. The number of benzene rings is 3. The lowest BCUT2D eigenvalue weighted by molar-refractivity contribution is -0.119. The molecule has 1 amide bonds. The summed E-state index contributed by atoms with van der Waals surface area (Å²) >= 11 is 12.4. The van der Waals surface area contributed by atoms with Crippen LogP contribution in [0.4, 0.5) is 5.69 Å². The molecule has 3 rings (SSSR count). The Morgan fingerprint density at radius 2 is 1.71 bits per heavy atom. The maximum Gasteiger partial charge on any atom is 0.264 e. The Morgan fingerprint density at radius 3 is 2.35 bits per heavy atom. The molecule has 3 aromatic rings. The van der Waals surface area contributed by atoms with Gasteiger partial charge in [-0.25, -0.2) is 13.8 Å². The van der Waals surface area contributed by atoms with Gasteiger partial charge in [0.15, 0.2) is 0 Å². The Bertz CT molecular complexity index is 1270. The summed E-state index contributed by atoms with van der Waals surface area (Å²) in [4.78, 5) is 12.6. The van der Waals surface area contributed by atoms with E-state index in [1.807, 2.05) is 13.8 Å². The van der Waals surface area contributed by atoms with Gasteiger partial charge in [-0.2, -0.15) is 5.10 Å². The molecule has 0 saturated carbocycles. The molecule has 1 N–H and O–H groups in total. The molecule has 0 heterocycles. The molecule has 0 bridgehead atoms. The second kappa shape index (κ2) is 11.4. The quantitative estimate of drug-likeness (QED) is 0.313. The maximum absolute atomic E-state index is 13.3. The van der Waals surface area contributed by atoms with Gasteiger partial charge in [-0.3, -0.25) is 9.10 Å². The first-order valence-electron chi connectivity index (χ1n) is 10.3. The number of nitrogens with one attached hydrogen (secondary N) is 1. The summed E-state index contributed by atoms with van der Waals surface area (Å²) in [5.74, 6) is 0.0582. The first-order valence-corrected chi connectivity index (χ1v) is 12.5. The van der Waals surface area contributed by atoms with Crippen LogP contribution in [-0.4, -0.2) is 33.2 Å². The molecule has 0 spiro atoms. The van der Waals surface area contributed by atoms with E-state index in [1.165, 1.54) is 30.5 Å². The van der Waals surface area contributed by atoms with Crippen molar-refractivity contribution in [2.75, 3.05) is 10.8 Å². The van der Waals surface area contributed by atoms with Gasteiger partial charge >= 0.3 is 0 Å². The Balaban J connectivity index is 1.79. The molecule has 0 aliphatic carbocycles. The topological polar surface area (TPSA) is 88.1 Å². The van der Waals surface area contributed by atoms with E-state index in [4.69, 9.17) is 27.9 Å². The van der Waals surface area contributed by atoms with Crippen molar-refractivity contribution in [1.29, 1.82) is 0 Å². The van der Waals surface area contributed by atoms with Gasteiger partial charge < -0.3 is 4.74 Å². The number of rotatable bonds is 9. The summed E-state index contributed by atoms with van der Waals surface area (Å²) in [7, 11) is -4.12. The van der Waals surface area contributed by atoms with Crippen molar-refractivity contribution in [3.8, 4) is 5.75 Å². The minimum absolute atomic E-state index is 0.00560. The lowest BCUT2D eigenvalue weighted by Gasteiger charge is -2.24. The van der Waals surface area contributed by atoms with Crippen molar-refractivity contribution < 1.29 is 17.9 Å². The van der Waals surface area contributed by atoms with Gasteiger partial charge in [0.1, 0.15) is 12.3 Å². The van der Waals surface area contributed by atoms with Crippen molar-refractivity contribution in [3.05, 3.63) is 88.4 Å². The van der Waals surface area contributed by atoms with Crippen LogP contribution in [0.1, 0.15) is 19.4 Å². The molecule has 7 nitrogen and oxygen atoms in total. The fourth-order valence-corrected chi connectivity index (χ4v) is 4.86. The molecule has 0 fully saturated rings. The van der Waals surface area contributed by atoms with E-state index in [9.17, 15) is 13.2 Å². The number of carbonyl (C=O) groups is 1. The molecule has 0 aliphatic rings. The van der Waals surface area contributed by atoms with Crippen LogP contribution in [0, 0.1) is 0 Å². The second-order valence-electron chi connectivity index (χ2n) is 7.43. The van der Waals surface area contributed by atoms with Crippen LogP contribution in [0.25, 0.3) is 0 Å². The molecule has 3 aromatic carbocycles. The summed E-state index contributed by atoms with van der Waals surface area (Å²) in [6, 6.07) is 19.5. The van der Waals surface area contributed by atoms with E-state index < -0.39 is 22.5 Å². The van der Waals surface area contributed by atoms with E-state index in [1.54, 1.807) is 48.5 Å². The van der Waals surface area contributed by atoms with Crippen LogP contribution >= 0.6 is 23.2 Å². The van der Waals surface area contributed by atoms with Gasteiger partial charge in [0, 0.05) is 0 Å². The minimum Gasteiger partial charge on any atom is -0.491 e. The third kappa shape index (κ3) is 6.50. The van der Waals surface area contributed by atoms with Crippen molar-refractivity contribution in [2.45, 2.75) is 24.8 Å². The van der Waals surface area contributed by atoms with Gasteiger partial charge in [-0.1, -0.05) is 47.5 Å². The summed E-state index contributed by atoms with van der Waals surface area (Å²) < 4.78 is 33.1. The third-order valence-corrected chi connectivity index (χ3v) is 7.06. The molecule has 178 valence electrons. The number of anilines is 1. The van der Waals surface area contributed by atoms with E-state index >= 15 is 0 Å². The molecule has 0 unspecified atom stereocenters. The highest BCUT2D eigenvalue weighted by Gasteiger charge is 2.29. The zero-order valence-corrected chi connectivity index (χ0v) is 20.8. The number of hydrogen-bond donors (Lipinski definition) is 1. The highest BCUT2D eigenvalue weighted by Crippen LogP contribution is 2.35. The highest BCUT2D eigenvalue weighted by atomic mass is 35.5. The summed E-state index contributed by atoms with van der Waals surface area (Å²) in [5.41, 5.74) is 3.16. The van der Waals surface area contributed by atoms with Crippen molar-refractivity contribution in [3.63, 3.8) is 0 Å². The molecular formula is C24H23Cl2N3O4S. The van der Waals surface area contributed by atoms with Crippen molar-refractivity contribution >= 4 is 51.0 Å². The summed E-state index contributed by atoms with van der Waals surface area (Å²) in [6.07, 6.45) is 1.50. The fourth-order valence-electron chi connectivity index (χ4n) is 2.95. The van der Waals surface area contributed by atoms with Gasteiger partial charge in [-0.15, -0.1) is 0 Å². The largest absolute Gasteiger partial charge is 0.491 e. The second-order valence-corrected chi connectivity index (χ2v) is 10.1. The van der Waals surface area contributed by atoms with Crippen molar-refractivity contribution in [1.82, 2.24) is 5.43 Å². The van der Waals surface area contributed by atoms with Crippen LogP contribution < -0.4 is 14.5 Å². The van der Waals surface area contributed by atoms with E-state index in [0.717, 1.165) is 15.6 Å². The average Bonchev–Trinajstić information content (AvgIpc) is 2.81. The fraction of sp³-hybridized carbons (Fsp3) is 0.167. The molecule has 0 radical (unpaired) electrons. The highest BCUT2D eigenvalue weighted by molar-refractivity contribution is 7.92. The molecule has 0 saturated heterocycles. The van der Waals surface area contributed by atoms with E-state index in [0.29, 0.717) is 0 Å². The Morgan fingerprint density at radius 1 is 1.03 bits per heavy atom. The molecule has 0 aliphatic heterocycles. The average molecular weight is 520 g/mol. The van der Waals surface area contributed by atoms with Gasteiger partial charge in [0.25, 0.3) is 15.9 Å². The SMILES string of the molecule is CC(C)Oc1ccc(/C=N\NC(=O)CN(c2cccc(Cl)c2Cl)S(=O)(=O)c2ccccc2)cc1. The van der Waals surface area contributed by atoms with Crippen LogP contribution in [0.15, 0.2) is 82.8 Å². The monoisotopic (exact) mass is 519 g/mol. The van der Waals surface area contributed by atoms with Crippen LogP contribution in [0.5, 0.6) is 5.75 Å². The lowest BCUT2D eigenvalue weighted by Crippen LogP contribution is -2.39. The minimum atomic E-state index is -4.12. The van der Waals surface area contributed by atoms with E-state index in [2.05, 4.69) is 10.5 Å². The predicted octanol–water partition coefficient (Wildman–Crippen LogP) is 5.13. The first-order chi connectivity index (χ1) is 16.2. The van der Waals surface area contributed by atoms with Gasteiger partial charge in [-0.05, 0) is 67.9 Å². The number of sulfonamides is 1. The normalized spacial score (nSPS) is 11.6. The molecule has 34 heavy (non-hydrogen) atoms. The zero-order chi connectivity index (χ0) is 24.7. The number of hydrogen-bond acceptors (Lipinski definition) is 5. The van der Waals surface area contributed by atoms with Gasteiger partial charge in [0.2, 0.25) is 0 Å². The number of amides is 1. The Hall–Kier alpha value is -3.07. The van der Waals surface area contributed by atoms with Gasteiger partial charge in [0.05, 0.1) is 32.9 Å². The van der Waals surface area contributed by atoms with E-state index in [-0.39, 0.29) is 26.7 Å². The molecule has 0 atom stereocenters. The van der Waals surface area contributed by atoms with Crippen LogP contribution in [0.3, 0.4) is 0 Å². The number of ether oxygens (including phenoxy) is 1. The maximum atomic E-state index is 13.3. The van der Waals surface area contributed by atoms with Crippen molar-refractivity contribution in [2.24, 2.45) is 5.10 Å². The van der Waals surface area contributed by atoms with Crippen LogP contribution in [0.2, 0.25) is 10.0 Å². The summed E-state index contributed by atoms with van der Waals surface area (Å²) in [5, 5.41) is 4.11. The number of halogens is 2. The number of hydrazone groups is 1. The predicted molar refractivity (Wildman–Crippen MR) is 135 cm³/mol. The smallest absolute Gasteiger partial charge is 0.264 e.